The van der Waals surface area contributed by atoms with Gasteiger partial charge in [-0.3, -0.25) is 9.69 Å². The molecule has 21 heavy (non-hydrogen) atoms. The van der Waals surface area contributed by atoms with Crippen LogP contribution in [0.2, 0.25) is 0 Å². The van der Waals surface area contributed by atoms with Crippen molar-refractivity contribution < 1.29 is 14.3 Å². The van der Waals surface area contributed by atoms with Gasteiger partial charge in [-0.15, -0.1) is 0 Å². The lowest BCUT2D eigenvalue weighted by atomic mass is 10.1. The van der Waals surface area contributed by atoms with Crippen molar-refractivity contribution in [1.29, 1.82) is 0 Å². The number of hydrogen-bond acceptors (Lipinski definition) is 4. The Morgan fingerprint density at radius 2 is 2.05 bits per heavy atom. The predicted molar refractivity (Wildman–Crippen MR) is 83.5 cm³/mol. The Hall–Kier alpha value is -1.59. The molecule has 1 atom stereocenters. The van der Waals surface area contributed by atoms with E-state index in [0.29, 0.717) is 19.7 Å². The van der Waals surface area contributed by atoms with Crippen molar-refractivity contribution in [2.24, 2.45) is 0 Å². The molecule has 0 aliphatic heterocycles. The van der Waals surface area contributed by atoms with E-state index in [2.05, 4.69) is 12.2 Å². The lowest BCUT2D eigenvalue weighted by Crippen LogP contribution is -2.37. The molecule has 0 radical (unpaired) electrons. The number of nitrogens with one attached hydrogen (secondary N) is 1. The van der Waals surface area contributed by atoms with Crippen molar-refractivity contribution in [1.82, 2.24) is 10.2 Å². The van der Waals surface area contributed by atoms with Gasteiger partial charge in [0.05, 0.1) is 13.7 Å². The monoisotopic (exact) mass is 294 g/mol. The summed E-state index contributed by atoms with van der Waals surface area (Å²) in [5.74, 6) is 0.868. The molecule has 0 unspecified atom stereocenters. The smallest absolute Gasteiger partial charge is 0.234 e. The summed E-state index contributed by atoms with van der Waals surface area (Å²) in [6.45, 7) is 3.72. The van der Waals surface area contributed by atoms with Crippen LogP contribution in [0, 0.1) is 0 Å². The minimum atomic E-state index is 0.0235. The first kappa shape index (κ1) is 17.5. The lowest BCUT2D eigenvalue weighted by Gasteiger charge is -2.25. The Morgan fingerprint density at radius 3 is 2.71 bits per heavy atom. The highest BCUT2D eigenvalue weighted by molar-refractivity contribution is 5.78. The third-order valence-corrected chi connectivity index (χ3v) is 3.49. The van der Waals surface area contributed by atoms with E-state index in [1.165, 1.54) is 0 Å². The van der Waals surface area contributed by atoms with Gasteiger partial charge < -0.3 is 14.8 Å². The number of carbonyl (C=O) groups is 1. The maximum atomic E-state index is 11.9. The van der Waals surface area contributed by atoms with E-state index in [0.717, 1.165) is 17.7 Å². The van der Waals surface area contributed by atoms with Gasteiger partial charge in [0, 0.05) is 31.9 Å². The fraction of sp³-hybridized carbons (Fsp3) is 0.562. The average molecular weight is 294 g/mol. The molecule has 0 spiro atoms. The second kappa shape index (κ2) is 9.37. The Morgan fingerprint density at radius 1 is 1.33 bits per heavy atom. The first-order chi connectivity index (χ1) is 10.1. The van der Waals surface area contributed by atoms with Crippen LogP contribution in [0.5, 0.6) is 5.75 Å². The number of amides is 1. The third kappa shape index (κ3) is 5.73. The Balaban J connectivity index is 2.50. The van der Waals surface area contributed by atoms with Gasteiger partial charge in [0.2, 0.25) is 5.91 Å². The van der Waals surface area contributed by atoms with Crippen molar-refractivity contribution in [3.05, 3.63) is 29.8 Å². The summed E-state index contributed by atoms with van der Waals surface area (Å²) in [5.41, 5.74) is 1.08. The highest BCUT2D eigenvalue weighted by Crippen LogP contribution is 2.27. The topological polar surface area (TPSA) is 50.8 Å². The van der Waals surface area contributed by atoms with Gasteiger partial charge >= 0.3 is 0 Å². The van der Waals surface area contributed by atoms with E-state index >= 15 is 0 Å². The highest BCUT2D eigenvalue weighted by atomic mass is 16.5. The van der Waals surface area contributed by atoms with Crippen LogP contribution in [0.15, 0.2) is 24.3 Å². The largest absolute Gasteiger partial charge is 0.496 e. The summed E-state index contributed by atoms with van der Waals surface area (Å²) in [4.78, 5) is 13.9. The molecule has 1 aromatic carbocycles. The van der Waals surface area contributed by atoms with Crippen molar-refractivity contribution in [3.8, 4) is 5.75 Å². The zero-order valence-electron chi connectivity index (χ0n) is 13.4. The molecular formula is C16H26N2O3. The van der Waals surface area contributed by atoms with Crippen molar-refractivity contribution >= 4 is 5.91 Å². The van der Waals surface area contributed by atoms with E-state index in [4.69, 9.17) is 9.47 Å². The number of benzene rings is 1. The van der Waals surface area contributed by atoms with Crippen LogP contribution in [-0.4, -0.2) is 51.8 Å². The van der Waals surface area contributed by atoms with Gasteiger partial charge in [0.25, 0.3) is 0 Å². The van der Waals surface area contributed by atoms with Crippen molar-refractivity contribution in [3.63, 3.8) is 0 Å². The van der Waals surface area contributed by atoms with Gasteiger partial charge in [-0.2, -0.15) is 0 Å². The highest BCUT2D eigenvalue weighted by Gasteiger charge is 2.17. The second-order valence-electron chi connectivity index (χ2n) is 5.03. The molecule has 1 rings (SSSR count). The summed E-state index contributed by atoms with van der Waals surface area (Å²) >= 11 is 0. The first-order valence-corrected chi connectivity index (χ1v) is 7.19. The van der Waals surface area contributed by atoms with Crippen LogP contribution >= 0.6 is 0 Å². The van der Waals surface area contributed by atoms with E-state index in [9.17, 15) is 4.79 Å². The lowest BCUT2D eigenvalue weighted by molar-refractivity contribution is -0.122. The van der Waals surface area contributed by atoms with E-state index in [1.54, 1.807) is 14.2 Å². The number of carbonyl (C=O) groups excluding carboxylic acids is 1. The van der Waals surface area contributed by atoms with Gasteiger partial charge in [0.1, 0.15) is 5.75 Å². The second-order valence-corrected chi connectivity index (χ2v) is 5.03. The molecule has 118 valence electrons. The van der Waals surface area contributed by atoms with Crippen LogP contribution in [0.25, 0.3) is 0 Å². The molecule has 0 fully saturated rings. The van der Waals surface area contributed by atoms with Gasteiger partial charge in [-0.1, -0.05) is 18.2 Å². The quantitative estimate of drug-likeness (QED) is 0.706. The maximum absolute atomic E-state index is 11.9. The molecule has 0 heterocycles. The number of hydrogen-bond donors (Lipinski definition) is 1. The molecule has 0 aromatic heterocycles. The SMILES string of the molecule is COCCCNC(=O)CN(C)[C@@H](C)c1ccccc1OC. The van der Waals surface area contributed by atoms with Crippen LogP contribution in [0.4, 0.5) is 0 Å². The molecule has 5 heteroatoms. The number of methoxy groups -OCH3 is 2. The number of para-hydroxylation sites is 1. The number of likely N-dealkylation sites (N-methyl/N-ethyl adjacent to an activating group) is 1. The summed E-state index contributed by atoms with van der Waals surface area (Å²) in [7, 11) is 5.25. The molecule has 0 aliphatic carbocycles. The standard InChI is InChI=1S/C16H26N2O3/c1-13(14-8-5-6-9-15(14)21-4)18(2)12-16(19)17-10-7-11-20-3/h5-6,8-9,13H,7,10-12H2,1-4H3,(H,17,19)/t13-/m0/s1. The third-order valence-electron chi connectivity index (χ3n) is 3.49. The van der Waals surface area contributed by atoms with Crippen LogP contribution < -0.4 is 10.1 Å². The molecule has 0 saturated carbocycles. The van der Waals surface area contributed by atoms with Crippen molar-refractivity contribution in [2.45, 2.75) is 19.4 Å². The van der Waals surface area contributed by atoms with E-state index < -0.39 is 0 Å². The molecule has 0 aliphatic rings. The number of ether oxygens (including phenoxy) is 2. The summed E-state index contributed by atoms with van der Waals surface area (Å²) < 4.78 is 10.3. The summed E-state index contributed by atoms with van der Waals surface area (Å²) in [6, 6.07) is 7.98. The Bertz CT molecular complexity index is 437. The summed E-state index contributed by atoms with van der Waals surface area (Å²) in [5, 5.41) is 2.89. The molecule has 0 saturated heterocycles. The molecule has 1 N–H and O–H groups in total. The van der Waals surface area contributed by atoms with E-state index in [-0.39, 0.29) is 11.9 Å². The van der Waals surface area contributed by atoms with E-state index in [1.807, 2.05) is 36.2 Å². The molecule has 1 aromatic rings. The fourth-order valence-electron chi connectivity index (χ4n) is 2.11. The molecule has 5 nitrogen and oxygen atoms in total. The normalized spacial score (nSPS) is 12.2. The predicted octanol–water partition coefficient (Wildman–Crippen LogP) is 1.84. The van der Waals surface area contributed by atoms with Crippen LogP contribution in [0.3, 0.4) is 0 Å². The molecule has 1 amide bonds. The number of rotatable bonds is 9. The minimum Gasteiger partial charge on any atom is -0.496 e. The Kier molecular flexibility index (Phi) is 7.79. The van der Waals surface area contributed by atoms with Gasteiger partial charge in [-0.05, 0) is 26.5 Å². The Labute approximate surface area is 127 Å². The van der Waals surface area contributed by atoms with Crippen molar-refractivity contribution in [2.75, 3.05) is 41.0 Å². The number of nitrogens with zero attached hydrogens (tertiary/aromatic N) is 1. The van der Waals surface area contributed by atoms with Gasteiger partial charge in [0.15, 0.2) is 0 Å². The zero-order valence-corrected chi connectivity index (χ0v) is 13.4. The summed E-state index contributed by atoms with van der Waals surface area (Å²) in [6.07, 6.45) is 0.827. The van der Waals surface area contributed by atoms with Crippen LogP contribution in [-0.2, 0) is 9.53 Å². The molecular weight excluding hydrogens is 268 g/mol. The van der Waals surface area contributed by atoms with Gasteiger partial charge in [-0.25, -0.2) is 0 Å². The molecule has 0 bridgehead atoms. The minimum absolute atomic E-state index is 0.0235. The maximum Gasteiger partial charge on any atom is 0.234 e. The van der Waals surface area contributed by atoms with Crippen LogP contribution in [0.1, 0.15) is 24.9 Å². The average Bonchev–Trinajstić information content (AvgIpc) is 2.50. The first-order valence-electron chi connectivity index (χ1n) is 7.19. The fourth-order valence-corrected chi connectivity index (χ4v) is 2.11. The zero-order chi connectivity index (χ0) is 15.7.